The largest absolute Gasteiger partial charge is 0.487 e. The van der Waals surface area contributed by atoms with Crippen molar-refractivity contribution in [3.05, 3.63) is 29.8 Å². The first-order valence-electron chi connectivity index (χ1n) is 3.58. The van der Waals surface area contributed by atoms with Gasteiger partial charge in [0.25, 0.3) is 6.43 Å². The number of rotatable bonds is 3. The molecule has 0 heterocycles. The van der Waals surface area contributed by atoms with E-state index < -0.39 is 13.0 Å². The Morgan fingerprint density at radius 2 is 2.33 bits per heavy atom. The number of aryl methyl sites for hydroxylation is 1. The van der Waals surface area contributed by atoms with E-state index in [1.54, 1.807) is 25.1 Å². The standard InChI is InChI=1S/C9H9F2O/c1-7-4-2-3-5-8(7)12-6-9(10)11/h2,4-5,9H,6H2,1H3. The van der Waals surface area contributed by atoms with E-state index in [-0.39, 0.29) is 0 Å². The van der Waals surface area contributed by atoms with Crippen molar-refractivity contribution in [2.45, 2.75) is 13.3 Å². The quantitative estimate of drug-likeness (QED) is 0.678. The number of benzene rings is 1. The maximum atomic E-state index is 11.7. The number of hydrogen-bond donors (Lipinski definition) is 0. The summed E-state index contributed by atoms with van der Waals surface area (Å²) < 4.78 is 28.3. The molecule has 0 saturated carbocycles. The first kappa shape index (κ1) is 8.97. The highest BCUT2D eigenvalue weighted by Gasteiger charge is 2.04. The van der Waals surface area contributed by atoms with E-state index in [0.29, 0.717) is 5.75 Å². The summed E-state index contributed by atoms with van der Waals surface area (Å²) in [7, 11) is 0. The number of ether oxygens (including phenoxy) is 1. The predicted molar refractivity (Wildman–Crippen MR) is 41.5 cm³/mol. The van der Waals surface area contributed by atoms with Crippen LogP contribution in [0.2, 0.25) is 0 Å². The van der Waals surface area contributed by atoms with Gasteiger partial charge in [-0.05, 0) is 24.6 Å². The Kier molecular flexibility index (Phi) is 3.02. The maximum Gasteiger partial charge on any atom is 0.272 e. The zero-order valence-corrected chi connectivity index (χ0v) is 6.68. The molecule has 1 nitrogen and oxygen atoms in total. The van der Waals surface area contributed by atoms with Crippen molar-refractivity contribution in [2.24, 2.45) is 0 Å². The van der Waals surface area contributed by atoms with Crippen molar-refractivity contribution < 1.29 is 13.5 Å². The van der Waals surface area contributed by atoms with Crippen LogP contribution in [0.5, 0.6) is 5.75 Å². The van der Waals surface area contributed by atoms with Crippen LogP contribution in [-0.2, 0) is 0 Å². The van der Waals surface area contributed by atoms with Gasteiger partial charge in [0.1, 0.15) is 12.4 Å². The highest BCUT2D eigenvalue weighted by molar-refractivity contribution is 5.31. The average molecular weight is 171 g/mol. The molecule has 0 unspecified atom stereocenters. The molecular weight excluding hydrogens is 162 g/mol. The van der Waals surface area contributed by atoms with Crippen molar-refractivity contribution in [1.29, 1.82) is 0 Å². The van der Waals surface area contributed by atoms with Crippen LogP contribution in [0.15, 0.2) is 18.2 Å². The fraction of sp³-hybridized carbons (Fsp3) is 0.333. The van der Waals surface area contributed by atoms with E-state index in [0.717, 1.165) is 5.56 Å². The summed E-state index contributed by atoms with van der Waals surface area (Å²) >= 11 is 0. The molecule has 0 fully saturated rings. The molecule has 0 spiro atoms. The van der Waals surface area contributed by atoms with Gasteiger partial charge in [0.2, 0.25) is 0 Å². The lowest BCUT2D eigenvalue weighted by molar-refractivity contribution is 0.0816. The molecule has 1 rings (SSSR count). The van der Waals surface area contributed by atoms with Crippen LogP contribution in [0.25, 0.3) is 0 Å². The van der Waals surface area contributed by atoms with Gasteiger partial charge in [-0.25, -0.2) is 8.78 Å². The molecule has 0 aliphatic carbocycles. The molecule has 0 aromatic heterocycles. The molecule has 3 heteroatoms. The van der Waals surface area contributed by atoms with E-state index in [1.807, 2.05) is 0 Å². The van der Waals surface area contributed by atoms with Gasteiger partial charge >= 0.3 is 0 Å². The van der Waals surface area contributed by atoms with Gasteiger partial charge < -0.3 is 4.74 Å². The third-order valence-electron chi connectivity index (χ3n) is 1.40. The van der Waals surface area contributed by atoms with E-state index in [1.165, 1.54) is 0 Å². The van der Waals surface area contributed by atoms with Gasteiger partial charge in [-0.3, -0.25) is 0 Å². The molecule has 65 valence electrons. The summed E-state index contributed by atoms with van der Waals surface area (Å²) in [5, 5.41) is 0. The Morgan fingerprint density at radius 3 is 2.92 bits per heavy atom. The van der Waals surface area contributed by atoms with Crippen molar-refractivity contribution in [3.63, 3.8) is 0 Å². The predicted octanol–water partition coefficient (Wildman–Crippen LogP) is 2.44. The molecule has 12 heavy (non-hydrogen) atoms. The third-order valence-corrected chi connectivity index (χ3v) is 1.40. The zero-order chi connectivity index (χ0) is 8.97. The fourth-order valence-corrected chi connectivity index (χ4v) is 0.801. The minimum Gasteiger partial charge on any atom is -0.487 e. The fourth-order valence-electron chi connectivity index (χ4n) is 0.801. The molecule has 0 saturated heterocycles. The van der Waals surface area contributed by atoms with Crippen LogP contribution < -0.4 is 4.74 Å². The van der Waals surface area contributed by atoms with E-state index in [4.69, 9.17) is 4.74 Å². The molecule has 0 atom stereocenters. The lowest BCUT2D eigenvalue weighted by atomic mass is 10.2. The Morgan fingerprint density at radius 1 is 1.58 bits per heavy atom. The van der Waals surface area contributed by atoms with Crippen molar-refractivity contribution in [3.8, 4) is 5.75 Å². The first-order valence-corrected chi connectivity index (χ1v) is 3.58. The molecule has 0 aliphatic rings. The van der Waals surface area contributed by atoms with Gasteiger partial charge in [0.15, 0.2) is 0 Å². The van der Waals surface area contributed by atoms with Crippen LogP contribution in [0, 0.1) is 13.0 Å². The lowest BCUT2D eigenvalue weighted by Crippen LogP contribution is -2.07. The second-order valence-electron chi connectivity index (χ2n) is 2.39. The highest BCUT2D eigenvalue weighted by Crippen LogP contribution is 2.16. The molecule has 1 aromatic carbocycles. The second-order valence-corrected chi connectivity index (χ2v) is 2.39. The topological polar surface area (TPSA) is 9.23 Å². The van der Waals surface area contributed by atoms with Gasteiger partial charge in [-0.15, -0.1) is 0 Å². The van der Waals surface area contributed by atoms with Crippen LogP contribution in [0.3, 0.4) is 0 Å². The van der Waals surface area contributed by atoms with Gasteiger partial charge in [-0.1, -0.05) is 12.1 Å². The maximum absolute atomic E-state index is 11.7. The minimum atomic E-state index is -2.43. The first-order chi connectivity index (χ1) is 5.70. The van der Waals surface area contributed by atoms with E-state index in [2.05, 4.69) is 6.07 Å². The molecule has 0 bridgehead atoms. The summed E-state index contributed by atoms with van der Waals surface area (Å²) in [6.07, 6.45) is -2.43. The van der Waals surface area contributed by atoms with Crippen LogP contribution in [0.4, 0.5) is 8.78 Å². The summed E-state index contributed by atoms with van der Waals surface area (Å²) in [5.74, 6) is 0.470. The lowest BCUT2D eigenvalue weighted by Gasteiger charge is -2.06. The second kappa shape index (κ2) is 4.04. The SMILES string of the molecule is Cc1cc[c]cc1OCC(F)F. The number of hydrogen-bond acceptors (Lipinski definition) is 1. The van der Waals surface area contributed by atoms with Crippen LogP contribution in [0.1, 0.15) is 5.56 Å². The van der Waals surface area contributed by atoms with Crippen LogP contribution in [-0.4, -0.2) is 13.0 Å². The Hall–Kier alpha value is -1.12. The van der Waals surface area contributed by atoms with Crippen LogP contribution >= 0.6 is 0 Å². The molecule has 0 aliphatic heterocycles. The average Bonchev–Trinajstić information content (AvgIpc) is 2.03. The smallest absolute Gasteiger partial charge is 0.272 e. The Bertz CT molecular complexity index is 248. The monoisotopic (exact) mass is 171 g/mol. The van der Waals surface area contributed by atoms with Gasteiger partial charge in [0, 0.05) is 0 Å². The zero-order valence-electron chi connectivity index (χ0n) is 6.68. The highest BCUT2D eigenvalue weighted by atomic mass is 19.3. The molecule has 0 amide bonds. The van der Waals surface area contributed by atoms with Gasteiger partial charge in [-0.2, -0.15) is 0 Å². The van der Waals surface area contributed by atoms with E-state index >= 15 is 0 Å². The van der Waals surface area contributed by atoms with Crippen molar-refractivity contribution in [2.75, 3.05) is 6.61 Å². The van der Waals surface area contributed by atoms with E-state index in [9.17, 15) is 8.78 Å². The Labute approximate surface area is 70.0 Å². The molecule has 0 N–H and O–H groups in total. The molecular formula is C9H9F2O. The summed E-state index contributed by atoms with van der Waals surface area (Å²) in [6, 6.07) is 7.79. The third kappa shape index (κ3) is 2.49. The molecule has 1 radical (unpaired) electrons. The van der Waals surface area contributed by atoms with Crippen molar-refractivity contribution in [1.82, 2.24) is 0 Å². The molecule has 1 aromatic rings. The minimum absolute atomic E-state index is 0.470. The van der Waals surface area contributed by atoms with Crippen molar-refractivity contribution >= 4 is 0 Å². The number of alkyl halides is 2. The Balaban J connectivity index is 2.57. The van der Waals surface area contributed by atoms with Gasteiger partial charge in [0.05, 0.1) is 0 Å². The number of halogens is 2. The summed E-state index contributed by atoms with van der Waals surface area (Å²) in [4.78, 5) is 0. The summed E-state index contributed by atoms with van der Waals surface area (Å²) in [6.45, 7) is 1.24. The summed E-state index contributed by atoms with van der Waals surface area (Å²) in [5.41, 5.74) is 0.842. The normalized spacial score (nSPS) is 10.3.